The van der Waals surface area contributed by atoms with Crippen LogP contribution >= 0.6 is 22.9 Å². The van der Waals surface area contributed by atoms with Gasteiger partial charge in [0.2, 0.25) is 0 Å². The van der Waals surface area contributed by atoms with Gasteiger partial charge in [0.25, 0.3) is 0 Å². The van der Waals surface area contributed by atoms with Crippen LogP contribution < -0.4 is 0 Å². The van der Waals surface area contributed by atoms with Crippen molar-refractivity contribution in [2.24, 2.45) is 0 Å². The van der Waals surface area contributed by atoms with Crippen LogP contribution in [0.4, 0.5) is 0 Å². The number of carbonyl (C=O) groups is 1. The maximum atomic E-state index is 12.3. The van der Waals surface area contributed by atoms with Gasteiger partial charge >= 0.3 is 0 Å². The lowest BCUT2D eigenvalue weighted by molar-refractivity contribution is 0.0977. The number of ketones is 1. The first kappa shape index (κ1) is 13.4. The summed E-state index contributed by atoms with van der Waals surface area (Å²) in [6, 6.07) is 11.9. The Bertz CT molecular complexity index is 772. The number of carbonyl (C=O) groups excluding carboxylic acids is 1. The number of halogens is 1. The third kappa shape index (κ3) is 2.39. The highest BCUT2D eigenvalue weighted by molar-refractivity contribution is 7.18. The van der Waals surface area contributed by atoms with Crippen LogP contribution in [-0.2, 0) is 13.0 Å². The molecule has 0 saturated carbocycles. The standard InChI is InChI=1S/C16H14ClNOS/c1-2-11-4-3-5-12-8-9-18(16(11)12)10-13(19)14-6-7-15(17)20-14/h3-9H,2,10H2,1H3. The van der Waals surface area contributed by atoms with Crippen LogP contribution in [0.25, 0.3) is 10.9 Å². The van der Waals surface area contributed by atoms with Gasteiger partial charge in [-0.05, 0) is 35.6 Å². The van der Waals surface area contributed by atoms with Gasteiger partial charge in [-0.3, -0.25) is 4.79 Å². The SMILES string of the molecule is CCc1cccc2ccn(CC(=O)c3ccc(Cl)s3)c12. The predicted molar refractivity (Wildman–Crippen MR) is 85.0 cm³/mol. The number of fused-ring (bicyclic) bond motifs is 1. The van der Waals surface area contributed by atoms with Crippen molar-refractivity contribution < 1.29 is 4.79 Å². The van der Waals surface area contributed by atoms with Crippen LogP contribution in [0.5, 0.6) is 0 Å². The minimum atomic E-state index is 0.102. The molecule has 1 aromatic carbocycles. The van der Waals surface area contributed by atoms with Crippen LogP contribution in [0.15, 0.2) is 42.6 Å². The third-order valence-corrected chi connectivity index (χ3v) is 4.69. The Morgan fingerprint density at radius 3 is 2.80 bits per heavy atom. The van der Waals surface area contributed by atoms with Gasteiger partial charge in [-0.1, -0.05) is 36.7 Å². The predicted octanol–water partition coefficient (Wildman–Crippen LogP) is 4.80. The average Bonchev–Trinajstić information content (AvgIpc) is 3.05. The van der Waals surface area contributed by atoms with Crippen LogP contribution in [0.3, 0.4) is 0 Å². The fourth-order valence-electron chi connectivity index (χ4n) is 2.45. The van der Waals surface area contributed by atoms with Gasteiger partial charge in [0.15, 0.2) is 5.78 Å². The number of para-hydroxylation sites is 1. The minimum Gasteiger partial charge on any atom is -0.339 e. The van der Waals surface area contributed by atoms with Crippen LogP contribution in [0.1, 0.15) is 22.2 Å². The number of aromatic nitrogens is 1. The molecular weight excluding hydrogens is 290 g/mol. The molecule has 0 aliphatic heterocycles. The van der Waals surface area contributed by atoms with Gasteiger partial charge in [0.05, 0.1) is 21.3 Å². The zero-order valence-corrected chi connectivity index (χ0v) is 12.7. The zero-order chi connectivity index (χ0) is 14.1. The molecule has 0 atom stereocenters. The van der Waals surface area contributed by atoms with E-state index in [1.807, 2.05) is 10.8 Å². The van der Waals surface area contributed by atoms with Crippen molar-refractivity contribution in [1.29, 1.82) is 0 Å². The van der Waals surface area contributed by atoms with E-state index in [0.717, 1.165) is 11.9 Å². The number of hydrogen-bond acceptors (Lipinski definition) is 2. The number of benzene rings is 1. The summed E-state index contributed by atoms with van der Waals surface area (Å²) in [5.41, 5.74) is 2.43. The molecule has 0 spiro atoms. The topological polar surface area (TPSA) is 22.0 Å². The lowest BCUT2D eigenvalue weighted by Gasteiger charge is -2.07. The largest absolute Gasteiger partial charge is 0.339 e. The van der Waals surface area contributed by atoms with E-state index < -0.39 is 0 Å². The fourth-order valence-corrected chi connectivity index (χ4v) is 3.43. The molecular formula is C16H14ClNOS. The molecule has 2 aromatic heterocycles. The first-order valence-electron chi connectivity index (χ1n) is 6.54. The minimum absolute atomic E-state index is 0.102. The molecule has 0 bridgehead atoms. The molecule has 20 heavy (non-hydrogen) atoms. The fraction of sp³-hybridized carbons (Fsp3) is 0.188. The second-order valence-corrected chi connectivity index (χ2v) is 6.39. The summed E-state index contributed by atoms with van der Waals surface area (Å²) >= 11 is 7.22. The monoisotopic (exact) mass is 303 g/mol. The maximum Gasteiger partial charge on any atom is 0.192 e. The summed E-state index contributed by atoms with van der Waals surface area (Å²) in [4.78, 5) is 13.0. The Morgan fingerprint density at radius 2 is 2.10 bits per heavy atom. The number of hydrogen-bond donors (Lipinski definition) is 0. The number of thiophene rings is 1. The van der Waals surface area contributed by atoms with E-state index in [0.29, 0.717) is 15.8 Å². The quantitative estimate of drug-likeness (QED) is 0.634. The molecule has 4 heteroatoms. The van der Waals surface area contributed by atoms with Gasteiger partial charge < -0.3 is 4.57 Å². The maximum absolute atomic E-state index is 12.3. The van der Waals surface area contributed by atoms with Crippen molar-refractivity contribution in [3.63, 3.8) is 0 Å². The Kier molecular flexibility index (Phi) is 3.64. The molecule has 2 nitrogen and oxygen atoms in total. The number of nitrogens with zero attached hydrogens (tertiary/aromatic N) is 1. The second-order valence-electron chi connectivity index (χ2n) is 4.68. The van der Waals surface area contributed by atoms with Gasteiger partial charge in [0, 0.05) is 6.20 Å². The van der Waals surface area contributed by atoms with Gasteiger partial charge in [-0.2, -0.15) is 0 Å². The second kappa shape index (κ2) is 5.43. The van der Waals surface area contributed by atoms with Crippen molar-refractivity contribution in [1.82, 2.24) is 4.57 Å². The lowest BCUT2D eigenvalue weighted by Crippen LogP contribution is -2.08. The lowest BCUT2D eigenvalue weighted by atomic mass is 10.1. The Morgan fingerprint density at radius 1 is 1.25 bits per heavy atom. The highest BCUT2D eigenvalue weighted by atomic mass is 35.5. The van der Waals surface area contributed by atoms with Gasteiger partial charge in [-0.25, -0.2) is 0 Å². The molecule has 0 fully saturated rings. The Labute approximate surface area is 126 Å². The zero-order valence-electron chi connectivity index (χ0n) is 11.1. The summed E-state index contributed by atoms with van der Waals surface area (Å²) in [7, 11) is 0. The van der Waals surface area contributed by atoms with Crippen molar-refractivity contribution in [3.8, 4) is 0 Å². The van der Waals surface area contributed by atoms with E-state index >= 15 is 0 Å². The Hall–Kier alpha value is -1.58. The molecule has 2 heterocycles. The molecule has 3 aromatic rings. The van der Waals surface area contributed by atoms with E-state index in [9.17, 15) is 4.79 Å². The van der Waals surface area contributed by atoms with Crippen molar-refractivity contribution in [2.45, 2.75) is 19.9 Å². The molecule has 0 N–H and O–H groups in total. The third-order valence-electron chi connectivity index (χ3n) is 3.41. The molecule has 3 rings (SSSR count). The number of aryl methyl sites for hydroxylation is 1. The number of rotatable bonds is 4. The average molecular weight is 304 g/mol. The molecule has 0 radical (unpaired) electrons. The summed E-state index contributed by atoms with van der Waals surface area (Å²) in [5.74, 6) is 0.102. The Balaban J connectivity index is 1.97. The summed E-state index contributed by atoms with van der Waals surface area (Å²) < 4.78 is 2.68. The van der Waals surface area contributed by atoms with E-state index in [4.69, 9.17) is 11.6 Å². The van der Waals surface area contributed by atoms with Gasteiger partial charge in [-0.15, -0.1) is 11.3 Å². The molecule has 0 saturated heterocycles. The molecule has 0 aliphatic rings. The van der Waals surface area contributed by atoms with Crippen LogP contribution in [-0.4, -0.2) is 10.4 Å². The smallest absolute Gasteiger partial charge is 0.192 e. The van der Waals surface area contributed by atoms with E-state index in [-0.39, 0.29) is 5.78 Å². The van der Waals surface area contributed by atoms with Crippen molar-refractivity contribution in [3.05, 3.63) is 57.4 Å². The van der Waals surface area contributed by atoms with Crippen molar-refractivity contribution in [2.75, 3.05) is 0 Å². The summed E-state index contributed by atoms with van der Waals surface area (Å²) in [5, 5.41) is 1.18. The number of Topliss-reactive ketones (excluding diaryl/α,β-unsaturated/α-hetero) is 1. The highest BCUT2D eigenvalue weighted by Gasteiger charge is 2.12. The molecule has 0 unspecified atom stereocenters. The highest BCUT2D eigenvalue weighted by Crippen LogP contribution is 2.24. The summed E-state index contributed by atoms with van der Waals surface area (Å²) in [6.07, 6.45) is 2.94. The van der Waals surface area contributed by atoms with Crippen molar-refractivity contribution >= 4 is 39.6 Å². The van der Waals surface area contributed by atoms with Crippen LogP contribution in [0, 0.1) is 0 Å². The molecule has 0 amide bonds. The van der Waals surface area contributed by atoms with E-state index in [1.165, 1.54) is 22.3 Å². The first-order chi connectivity index (χ1) is 9.69. The first-order valence-corrected chi connectivity index (χ1v) is 7.73. The summed E-state index contributed by atoms with van der Waals surface area (Å²) in [6.45, 7) is 2.49. The van der Waals surface area contributed by atoms with E-state index in [1.54, 1.807) is 12.1 Å². The molecule has 102 valence electrons. The molecule has 0 aliphatic carbocycles. The van der Waals surface area contributed by atoms with Gasteiger partial charge in [0.1, 0.15) is 0 Å². The normalized spacial score (nSPS) is 11.1. The van der Waals surface area contributed by atoms with E-state index in [2.05, 4.69) is 31.2 Å². The van der Waals surface area contributed by atoms with Crippen LogP contribution in [0.2, 0.25) is 4.34 Å².